The monoisotopic (exact) mass is 214 g/mol. The minimum atomic E-state index is -0.441. The predicted octanol–water partition coefficient (Wildman–Crippen LogP) is 1.99. The van der Waals surface area contributed by atoms with E-state index in [9.17, 15) is 5.11 Å². The summed E-state index contributed by atoms with van der Waals surface area (Å²) >= 11 is 6.01. The van der Waals surface area contributed by atoms with Crippen molar-refractivity contribution >= 4 is 11.6 Å². The third-order valence-corrected chi connectivity index (χ3v) is 2.44. The summed E-state index contributed by atoms with van der Waals surface area (Å²) in [5, 5.41) is 9.91. The summed E-state index contributed by atoms with van der Waals surface area (Å²) in [6.07, 6.45) is 0.0361. The molecule has 0 spiro atoms. The maximum absolute atomic E-state index is 9.31. The van der Waals surface area contributed by atoms with Gasteiger partial charge < -0.3 is 14.6 Å². The highest BCUT2D eigenvalue weighted by Gasteiger charge is 2.20. The van der Waals surface area contributed by atoms with Crippen LogP contribution in [-0.2, 0) is 6.42 Å². The second-order valence-corrected chi connectivity index (χ2v) is 3.72. The van der Waals surface area contributed by atoms with Crippen LogP contribution in [0.5, 0.6) is 11.5 Å². The largest absolute Gasteiger partial charge is 0.454 e. The van der Waals surface area contributed by atoms with Crippen molar-refractivity contribution in [2.45, 2.75) is 19.4 Å². The predicted molar refractivity (Wildman–Crippen MR) is 53.0 cm³/mol. The normalized spacial score (nSPS) is 15.6. The van der Waals surface area contributed by atoms with Gasteiger partial charge in [-0.05, 0) is 19.1 Å². The lowest BCUT2D eigenvalue weighted by Gasteiger charge is -2.09. The molecule has 3 nitrogen and oxygen atoms in total. The summed E-state index contributed by atoms with van der Waals surface area (Å²) in [5.41, 5.74) is 0.816. The number of benzene rings is 1. The zero-order valence-electron chi connectivity index (χ0n) is 7.79. The van der Waals surface area contributed by atoms with E-state index in [1.54, 1.807) is 19.1 Å². The van der Waals surface area contributed by atoms with Crippen LogP contribution in [0.3, 0.4) is 0 Å². The first kappa shape index (κ1) is 9.62. The van der Waals surface area contributed by atoms with Crippen LogP contribution >= 0.6 is 11.6 Å². The van der Waals surface area contributed by atoms with Gasteiger partial charge in [-0.3, -0.25) is 0 Å². The Morgan fingerprint density at radius 3 is 3.00 bits per heavy atom. The van der Waals surface area contributed by atoms with Gasteiger partial charge in [0.15, 0.2) is 11.5 Å². The molecule has 1 aliphatic heterocycles. The fourth-order valence-corrected chi connectivity index (χ4v) is 1.72. The van der Waals surface area contributed by atoms with E-state index in [4.69, 9.17) is 21.1 Å². The van der Waals surface area contributed by atoms with Gasteiger partial charge in [-0.1, -0.05) is 11.6 Å². The van der Waals surface area contributed by atoms with E-state index in [2.05, 4.69) is 0 Å². The van der Waals surface area contributed by atoms with Gasteiger partial charge in [0.25, 0.3) is 0 Å². The Kier molecular flexibility index (Phi) is 2.52. The molecule has 0 aliphatic carbocycles. The van der Waals surface area contributed by atoms with Crippen molar-refractivity contribution in [3.8, 4) is 11.5 Å². The highest BCUT2D eigenvalue weighted by molar-refractivity contribution is 6.31. The van der Waals surface area contributed by atoms with Crippen molar-refractivity contribution in [3.05, 3.63) is 22.7 Å². The molecule has 4 heteroatoms. The summed E-state index contributed by atoms with van der Waals surface area (Å²) in [5.74, 6) is 1.36. The van der Waals surface area contributed by atoms with Crippen LogP contribution in [0.25, 0.3) is 0 Å². The molecule has 0 radical (unpaired) electrons. The van der Waals surface area contributed by atoms with E-state index >= 15 is 0 Å². The number of hydrogen-bond acceptors (Lipinski definition) is 3. The highest BCUT2D eigenvalue weighted by atomic mass is 35.5. The quantitative estimate of drug-likeness (QED) is 0.819. The molecule has 14 heavy (non-hydrogen) atoms. The van der Waals surface area contributed by atoms with E-state index in [-0.39, 0.29) is 6.79 Å². The van der Waals surface area contributed by atoms with Crippen LogP contribution in [0, 0.1) is 0 Å². The minimum Gasteiger partial charge on any atom is -0.454 e. The van der Waals surface area contributed by atoms with Crippen LogP contribution in [0.2, 0.25) is 5.02 Å². The van der Waals surface area contributed by atoms with Crippen molar-refractivity contribution < 1.29 is 14.6 Å². The van der Waals surface area contributed by atoms with Crippen LogP contribution < -0.4 is 9.47 Å². The standard InChI is InChI=1S/C10H11ClO3/c1-6(12)4-7-8(11)2-3-9-10(7)14-5-13-9/h2-3,6,12H,4-5H2,1H3. The van der Waals surface area contributed by atoms with Gasteiger partial charge in [-0.25, -0.2) is 0 Å². The maximum atomic E-state index is 9.31. The Morgan fingerprint density at radius 1 is 1.50 bits per heavy atom. The molecule has 1 heterocycles. The van der Waals surface area contributed by atoms with E-state index in [0.29, 0.717) is 22.9 Å². The van der Waals surface area contributed by atoms with Crippen molar-refractivity contribution in [1.29, 1.82) is 0 Å². The first-order chi connectivity index (χ1) is 6.68. The Labute approximate surface area is 87.2 Å². The average Bonchev–Trinajstić information content (AvgIpc) is 2.57. The molecule has 76 valence electrons. The number of halogens is 1. The summed E-state index contributed by atoms with van der Waals surface area (Å²) in [6.45, 7) is 1.94. The van der Waals surface area contributed by atoms with E-state index in [1.165, 1.54) is 0 Å². The molecule has 1 atom stereocenters. The summed E-state index contributed by atoms with van der Waals surface area (Å²) in [6, 6.07) is 3.53. The van der Waals surface area contributed by atoms with Gasteiger partial charge in [0.1, 0.15) is 0 Å². The number of ether oxygens (including phenoxy) is 2. The van der Waals surface area contributed by atoms with E-state index < -0.39 is 6.10 Å². The highest BCUT2D eigenvalue weighted by Crippen LogP contribution is 2.39. The number of hydrogen-bond donors (Lipinski definition) is 1. The molecule has 0 saturated carbocycles. The van der Waals surface area contributed by atoms with Crippen LogP contribution in [0.4, 0.5) is 0 Å². The smallest absolute Gasteiger partial charge is 0.231 e. The maximum Gasteiger partial charge on any atom is 0.231 e. The van der Waals surface area contributed by atoms with E-state index in [1.807, 2.05) is 0 Å². The fraction of sp³-hybridized carbons (Fsp3) is 0.400. The topological polar surface area (TPSA) is 38.7 Å². The molecule has 2 rings (SSSR count). The molecule has 0 bridgehead atoms. The molecule has 0 saturated heterocycles. The lowest BCUT2D eigenvalue weighted by molar-refractivity contribution is 0.170. The number of rotatable bonds is 2. The molecular formula is C10H11ClO3. The van der Waals surface area contributed by atoms with Crippen molar-refractivity contribution in [2.24, 2.45) is 0 Å². The molecule has 0 fully saturated rings. The molecule has 1 aromatic rings. The number of aliphatic hydroxyl groups is 1. The Bertz CT molecular complexity index is 349. The molecule has 0 amide bonds. The van der Waals surface area contributed by atoms with Gasteiger partial charge in [0.2, 0.25) is 6.79 Å². The van der Waals surface area contributed by atoms with Crippen molar-refractivity contribution in [2.75, 3.05) is 6.79 Å². The van der Waals surface area contributed by atoms with Gasteiger partial charge >= 0.3 is 0 Å². The molecule has 1 unspecified atom stereocenters. The van der Waals surface area contributed by atoms with Crippen LogP contribution in [-0.4, -0.2) is 18.0 Å². The Morgan fingerprint density at radius 2 is 2.29 bits per heavy atom. The van der Waals surface area contributed by atoms with Crippen molar-refractivity contribution in [3.63, 3.8) is 0 Å². The second-order valence-electron chi connectivity index (χ2n) is 3.31. The summed E-state index contributed by atoms with van der Waals surface area (Å²) < 4.78 is 10.5. The molecule has 1 aromatic carbocycles. The fourth-order valence-electron chi connectivity index (χ4n) is 1.49. The summed E-state index contributed by atoms with van der Waals surface area (Å²) in [4.78, 5) is 0. The zero-order valence-corrected chi connectivity index (χ0v) is 8.54. The molecule has 1 aliphatic rings. The number of aliphatic hydroxyl groups excluding tert-OH is 1. The molecule has 0 aromatic heterocycles. The van der Waals surface area contributed by atoms with Gasteiger partial charge in [0, 0.05) is 17.0 Å². The zero-order chi connectivity index (χ0) is 10.1. The van der Waals surface area contributed by atoms with Crippen LogP contribution in [0.15, 0.2) is 12.1 Å². The minimum absolute atomic E-state index is 0.225. The molecular weight excluding hydrogens is 204 g/mol. The Hall–Kier alpha value is -0.930. The van der Waals surface area contributed by atoms with Gasteiger partial charge in [-0.15, -0.1) is 0 Å². The third-order valence-electron chi connectivity index (χ3n) is 2.08. The first-order valence-corrected chi connectivity index (χ1v) is 4.81. The number of fused-ring (bicyclic) bond motifs is 1. The van der Waals surface area contributed by atoms with Crippen molar-refractivity contribution in [1.82, 2.24) is 0 Å². The van der Waals surface area contributed by atoms with Crippen LogP contribution in [0.1, 0.15) is 12.5 Å². The lowest BCUT2D eigenvalue weighted by Crippen LogP contribution is -2.05. The van der Waals surface area contributed by atoms with Gasteiger partial charge in [-0.2, -0.15) is 0 Å². The lowest BCUT2D eigenvalue weighted by atomic mass is 10.1. The Balaban J connectivity index is 2.41. The SMILES string of the molecule is CC(O)Cc1c(Cl)ccc2c1OCO2. The molecule has 1 N–H and O–H groups in total. The third kappa shape index (κ3) is 1.65. The first-order valence-electron chi connectivity index (χ1n) is 4.43. The second kappa shape index (κ2) is 3.67. The van der Waals surface area contributed by atoms with E-state index in [0.717, 1.165) is 5.56 Å². The van der Waals surface area contributed by atoms with Gasteiger partial charge in [0.05, 0.1) is 6.10 Å². The summed E-state index contributed by atoms with van der Waals surface area (Å²) in [7, 11) is 0. The average molecular weight is 215 g/mol.